The van der Waals surface area contributed by atoms with Crippen molar-refractivity contribution >= 4 is 11.9 Å². The molecule has 1 amide bonds. The average molecular weight is 232 g/mol. The quantitative estimate of drug-likeness (QED) is 0.484. The molecule has 0 aromatic heterocycles. The van der Waals surface area contributed by atoms with E-state index < -0.39 is 29.4 Å². The molecule has 0 fully saturated rings. The van der Waals surface area contributed by atoms with Crippen LogP contribution in [0.3, 0.4) is 0 Å². The summed E-state index contributed by atoms with van der Waals surface area (Å²) in [4.78, 5) is 21.9. The van der Waals surface area contributed by atoms with Crippen LogP contribution in [0.15, 0.2) is 0 Å². The Balaban J connectivity index is 4.14. The maximum Gasteiger partial charge on any atom is 0.303 e. The molecule has 5 N–H and O–H groups in total. The lowest BCUT2D eigenvalue weighted by atomic mass is 9.89. The largest absolute Gasteiger partial charge is 0.481 e. The fourth-order valence-corrected chi connectivity index (χ4v) is 1.14. The van der Waals surface area contributed by atoms with Crippen molar-refractivity contribution in [2.24, 2.45) is 11.1 Å². The summed E-state index contributed by atoms with van der Waals surface area (Å²) in [5.41, 5.74) is 4.87. The Labute approximate surface area is 94.8 Å². The summed E-state index contributed by atoms with van der Waals surface area (Å²) < 4.78 is 0. The molecule has 0 saturated carbocycles. The molecule has 0 aromatic rings. The normalized spacial score (nSPS) is 15.3. The van der Waals surface area contributed by atoms with Crippen LogP contribution in [-0.4, -0.2) is 40.8 Å². The molecule has 0 saturated heterocycles. The molecule has 16 heavy (non-hydrogen) atoms. The SMILES string of the molecule is C[C@@H](O)[C@H](N)C(=O)NCC(C)(C)CC(=O)O. The Hall–Kier alpha value is -1.14. The maximum atomic E-state index is 11.4. The zero-order chi connectivity index (χ0) is 12.9. The van der Waals surface area contributed by atoms with Gasteiger partial charge < -0.3 is 21.3 Å². The highest BCUT2D eigenvalue weighted by molar-refractivity contribution is 5.82. The van der Waals surface area contributed by atoms with Crippen molar-refractivity contribution in [3.8, 4) is 0 Å². The van der Waals surface area contributed by atoms with E-state index in [1.54, 1.807) is 13.8 Å². The molecule has 0 heterocycles. The smallest absolute Gasteiger partial charge is 0.303 e. The van der Waals surface area contributed by atoms with E-state index in [0.717, 1.165) is 0 Å². The van der Waals surface area contributed by atoms with Gasteiger partial charge in [-0.2, -0.15) is 0 Å². The summed E-state index contributed by atoms with van der Waals surface area (Å²) in [5.74, 6) is -1.40. The summed E-state index contributed by atoms with van der Waals surface area (Å²) in [6.07, 6.45) is -0.973. The number of rotatable bonds is 6. The van der Waals surface area contributed by atoms with Crippen LogP contribution in [0.4, 0.5) is 0 Å². The summed E-state index contributed by atoms with van der Waals surface area (Å²) in [6, 6.07) is -0.986. The topological polar surface area (TPSA) is 113 Å². The lowest BCUT2D eigenvalue weighted by Gasteiger charge is -2.24. The number of aliphatic hydroxyl groups excluding tert-OH is 1. The number of carbonyl (C=O) groups excluding carboxylic acids is 1. The van der Waals surface area contributed by atoms with Gasteiger partial charge in [-0.05, 0) is 12.3 Å². The van der Waals surface area contributed by atoms with Crippen LogP contribution in [0.25, 0.3) is 0 Å². The molecule has 0 aliphatic rings. The number of hydrogen-bond acceptors (Lipinski definition) is 4. The van der Waals surface area contributed by atoms with Crippen LogP contribution >= 0.6 is 0 Å². The molecule has 2 atom stereocenters. The van der Waals surface area contributed by atoms with Crippen molar-refractivity contribution < 1.29 is 19.8 Å². The molecule has 0 spiro atoms. The number of aliphatic hydroxyl groups is 1. The van der Waals surface area contributed by atoms with Gasteiger partial charge in [0.2, 0.25) is 5.91 Å². The second kappa shape index (κ2) is 5.81. The van der Waals surface area contributed by atoms with Crippen molar-refractivity contribution in [3.05, 3.63) is 0 Å². The van der Waals surface area contributed by atoms with Crippen molar-refractivity contribution in [2.45, 2.75) is 39.3 Å². The van der Waals surface area contributed by atoms with Gasteiger partial charge in [0.15, 0.2) is 0 Å². The van der Waals surface area contributed by atoms with Gasteiger partial charge in [0.25, 0.3) is 0 Å². The van der Waals surface area contributed by atoms with Gasteiger partial charge in [-0.25, -0.2) is 0 Å². The Morgan fingerprint density at radius 3 is 2.31 bits per heavy atom. The van der Waals surface area contributed by atoms with Gasteiger partial charge in [0, 0.05) is 6.54 Å². The van der Waals surface area contributed by atoms with Crippen molar-refractivity contribution in [3.63, 3.8) is 0 Å². The third-order valence-electron chi connectivity index (χ3n) is 2.19. The third-order valence-corrected chi connectivity index (χ3v) is 2.19. The van der Waals surface area contributed by atoms with Crippen molar-refractivity contribution in [1.29, 1.82) is 0 Å². The fourth-order valence-electron chi connectivity index (χ4n) is 1.14. The van der Waals surface area contributed by atoms with E-state index in [4.69, 9.17) is 15.9 Å². The minimum Gasteiger partial charge on any atom is -0.481 e. The summed E-state index contributed by atoms with van der Waals surface area (Å²) in [5, 5.41) is 20.2. The van der Waals surface area contributed by atoms with E-state index in [1.165, 1.54) is 6.92 Å². The molecule has 0 aliphatic carbocycles. The Kier molecular flexibility index (Phi) is 5.40. The van der Waals surface area contributed by atoms with Crippen LogP contribution in [0.5, 0.6) is 0 Å². The molecule has 0 bridgehead atoms. The highest BCUT2D eigenvalue weighted by Crippen LogP contribution is 2.18. The molecule has 6 nitrogen and oxygen atoms in total. The second-order valence-electron chi connectivity index (χ2n) is 4.72. The molecular weight excluding hydrogens is 212 g/mol. The first-order valence-corrected chi connectivity index (χ1v) is 5.09. The van der Waals surface area contributed by atoms with Gasteiger partial charge in [-0.1, -0.05) is 13.8 Å². The van der Waals surface area contributed by atoms with Gasteiger partial charge in [0.05, 0.1) is 12.5 Å². The first-order chi connectivity index (χ1) is 7.15. The van der Waals surface area contributed by atoms with Crippen LogP contribution in [-0.2, 0) is 9.59 Å². The highest BCUT2D eigenvalue weighted by atomic mass is 16.4. The van der Waals surface area contributed by atoms with Crippen molar-refractivity contribution in [2.75, 3.05) is 6.54 Å². The molecule has 94 valence electrons. The summed E-state index contributed by atoms with van der Waals surface area (Å²) in [6.45, 7) is 5.09. The number of nitrogens with two attached hydrogens (primary N) is 1. The summed E-state index contributed by atoms with van der Waals surface area (Å²) in [7, 11) is 0. The molecule has 0 rings (SSSR count). The number of carboxylic acids is 1. The minimum absolute atomic E-state index is 0.0444. The van der Waals surface area contributed by atoms with Gasteiger partial charge in [0.1, 0.15) is 6.04 Å². The molecule has 0 unspecified atom stereocenters. The van der Waals surface area contributed by atoms with E-state index in [2.05, 4.69) is 5.32 Å². The highest BCUT2D eigenvalue weighted by Gasteiger charge is 2.25. The Morgan fingerprint density at radius 1 is 1.44 bits per heavy atom. The average Bonchev–Trinajstić information content (AvgIpc) is 2.10. The standard InChI is InChI=1S/C10H20N2O4/c1-6(13)8(11)9(16)12-5-10(2,3)4-7(14)15/h6,8,13H,4-5,11H2,1-3H3,(H,12,16)(H,14,15)/t6-,8+/m1/s1. The molecular formula is C10H20N2O4. The lowest BCUT2D eigenvalue weighted by Crippen LogP contribution is -2.49. The second-order valence-corrected chi connectivity index (χ2v) is 4.72. The van der Waals surface area contributed by atoms with Crippen molar-refractivity contribution in [1.82, 2.24) is 5.32 Å². The number of carbonyl (C=O) groups is 2. The van der Waals surface area contributed by atoms with Crippen LogP contribution in [0, 0.1) is 5.41 Å². The number of nitrogens with one attached hydrogen (secondary N) is 1. The predicted molar refractivity (Wildman–Crippen MR) is 58.7 cm³/mol. The summed E-state index contributed by atoms with van der Waals surface area (Å²) >= 11 is 0. The van der Waals surface area contributed by atoms with E-state index in [-0.39, 0.29) is 13.0 Å². The van der Waals surface area contributed by atoms with Gasteiger partial charge in [-0.3, -0.25) is 9.59 Å². The van der Waals surface area contributed by atoms with E-state index >= 15 is 0 Å². The molecule has 6 heteroatoms. The monoisotopic (exact) mass is 232 g/mol. The maximum absolute atomic E-state index is 11.4. The minimum atomic E-state index is -0.986. The lowest BCUT2D eigenvalue weighted by molar-refractivity contribution is -0.139. The zero-order valence-corrected chi connectivity index (χ0v) is 9.86. The number of carboxylic acid groups (broad SMARTS) is 1. The zero-order valence-electron chi connectivity index (χ0n) is 9.86. The van der Waals surface area contributed by atoms with Crippen LogP contribution in [0.2, 0.25) is 0 Å². The Bertz CT molecular complexity index is 264. The molecule has 0 aromatic carbocycles. The van der Waals surface area contributed by atoms with Gasteiger partial charge >= 0.3 is 5.97 Å². The van der Waals surface area contributed by atoms with Crippen LogP contribution in [0.1, 0.15) is 27.2 Å². The van der Waals surface area contributed by atoms with E-state index in [1.807, 2.05) is 0 Å². The first kappa shape index (κ1) is 14.9. The number of amides is 1. The van der Waals surface area contributed by atoms with E-state index in [9.17, 15) is 9.59 Å². The molecule has 0 radical (unpaired) electrons. The fraction of sp³-hybridized carbons (Fsp3) is 0.800. The third kappa shape index (κ3) is 5.67. The van der Waals surface area contributed by atoms with Crippen LogP contribution < -0.4 is 11.1 Å². The first-order valence-electron chi connectivity index (χ1n) is 5.09. The number of hydrogen-bond donors (Lipinski definition) is 4. The molecule has 0 aliphatic heterocycles. The van der Waals surface area contributed by atoms with Gasteiger partial charge in [-0.15, -0.1) is 0 Å². The Morgan fingerprint density at radius 2 is 1.94 bits per heavy atom. The number of aliphatic carboxylic acids is 1. The van der Waals surface area contributed by atoms with E-state index in [0.29, 0.717) is 0 Å². The predicted octanol–water partition coefficient (Wildman–Crippen LogP) is -0.688.